The van der Waals surface area contributed by atoms with Crippen molar-refractivity contribution in [3.8, 4) is 6.07 Å². The van der Waals surface area contributed by atoms with Crippen molar-refractivity contribution in [1.82, 2.24) is 0 Å². The Hall–Kier alpha value is -1.57. The summed E-state index contributed by atoms with van der Waals surface area (Å²) in [6, 6.07) is 8.36. The average molecular weight is 293 g/mol. The molecular weight excluding hydrogens is 283 g/mol. The Bertz CT molecular complexity index is 675. The van der Waals surface area contributed by atoms with E-state index in [-0.39, 0.29) is 6.04 Å². The van der Waals surface area contributed by atoms with Crippen LogP contribution in [0.5, 0.6) is 0 Å². The Morgan fingerprint density at radius 2 is 2.26 bits per heavy atom. The number of thiophene rings is 1. The summed E-state index contributed by atoms with van der Waals surface area (Å²) in [5.41, 5.74) is 2.20. The summed E-state index contributed by atoms with van der Waals surface area (Å²) in [4.78, 5) is 1.29. The van der Waals surface area contributed by atoms with Gasteiger partial charge in [0.2, 0.25) is 0 Å². The maximum absolute atomic E-state index is 13.1. The molecule has 0 aliphatic heterocycles. The lowest BCUT2D eigenvalue weighted by Crippen LogP contribution is -2.08. The van der Waals surface area contributed by atoms with Crippen LogP contribution < -0.4 is 5.32 Å². The highest BCUT2D eigenvalue weighted by Gasteiger charge is 2.25. The molecule has 1 aromatic heterocycles. The highest BCUT2D eigenvalue weighted by Crippen LogP contribution is 2.41. The van der Waals surface area contributed by atoms with E-state index in [1.165, 1.54) is 22.6 Å². The Morgan fingerprint density at radius 3 is 3.05 bits per heavy atom. The first kappa shape index (κ1) is 12.5. The van der Waals surface area contributed by atoms with Crippen molar-refractivity contribution in [2.24, 2.45) is 0 Å². The lowest BCUT2D eigenvalue weighted by molar-refractivity contribution is 0.627. The van der Waals surface area contributed by atoms with Crippen molar-refractivity contribution in [3.63, 3.8) is 0 Å². The van der Waals surface area contributed by atoms with Crippen LogP contribution in [0.15, 0.2) is 24.3 Å². The van der Waals surface area contributed by atoms with Crippen molar-refractivity contribution in [1.29, 1.82) is 5.26 Å². The third kappa shape index (κ3) is 2.32. The van der Waals surface area contributed by atoms with Crippen LogP contribution in [0.2, 0.25) is 4.34 Å². The molecule has 1 aromatic carbocycles. The molecule has 0 fully saturated rings. The summed E-state index contributed by atoms with van der Waals surface area (Å²) < 4.78 is 13.9. The van der Waals surface area contributed by atoms with E-state index >= 15 is 0 Å². The summed E-state index contributed by atoms with van der Waals surface area (Å²) in [7, 11) is 0. The van der Waals surface area contributed by atoms with Gasteiger partial charge in [-0.15, -0.1) is 11.3 Å². The standard InChI is InChI=1S/C14H10ClFN2S/c15-14-6-10-12(3-4-13(10)19-14)18-11-2-1-9(16)5-8(11)7-17/h1-2,5-6,12,18H,3-4H2. The molecule has 0 bridgehead atoms. The highest BCUT2D eigenvalue weighted by molar-refractivity contribution is 7.16. The summed E-state index contributed by atoms with van der Waals surface area (Å²) in [6.07, 6.45) is 1.97. The molecule has 0 amide bonds. The van der Waals surface area contributed by atoms with E-state index in [2.05, 4.69) is 5.32 Å². The Morgan fingerprint density at radius 1 is 1.42 bits per heavy atom. The van der Waals surface area contributed by atoms with Crippen LogP contribution in [-0.2, 0) is 6.42 Å². The fourth-order valence-corrected chi connectivity index (χ4v) is 3.76. The molecular formula is C14H10ClFN2S. The minimum Gasteiger partial charge on any atom is -0.377 e. The lowest BCUT2D eigenvalue weighted by Gasteiger charge is -2.15. The number of anilines is 1. The molecule has 19 heavy (non-hydrogen) atoms. The van der Waals surface area contributed by atoms with Crippen molar-refractivity contribution in [3.05, 3.63) is 50.4 Å². The maximum Gasteiger partial charge on any atom is 0.124 e. The van der Waals surface area contributed by atoms with Crippen LogP contribution in [0.1, 0.15) is 28.5 Å². The van der Waals surface area contributed by atoms with Gasteiger partial charge in [-0.1, -0.05) is 11.6 Å². The molecule has 5 heteroatoms. The molecule has 0 radical (unpaired) electrons. The van der Waals surface area contributed by atoms with Gasteiger partial charge in [-0.25, -0.2) is 4.39 Å². The number of nitrogens with zero attached hydrogens (tertiary/aromatic N) is 1. The number of fused-ring (bicyclic) bond motifs is 1. The fourth-order valence-electron chi connectivity index (χ4n) is 2.40. The molecule has 0 saturated heterocycles. The van der Waals surface area contributed by atoms with Gasteiger partial charge < -0.3 is 5.32 Å². The molecule has 3 rings (SSSR count). The van der Waals surface area contributed by atoms with Gasteiger partial charge in [0.05, 0.1) is 21.6 Å². The van der Waals surface area contributed by atoms with Gasteiger partial charge in [-0.05, 0) is 42.7 Å². The lowest BCUT2D eigenvalue weighted by atomic mass is 10.1. The van der Waals surface area contributed by atoms with E-state index < -0.39 is 5.82 Å². The van der Waals surface area contributed by atoms with Crippen molar-refractivity contribution >= 4 is 28.6 Å². The van der Waals surface area contributed by atoms with Gasteiger partial charge >= 0.3 is 0 Å². The normalized spacial score (nSPS) is 17.0. The Kier molecular flexibility index (Phi) is 3.17. The van der Waals surface area contributed by atoms with Crippen LogP contribution in [0, 0.1) is 17.1 Å². The quantitative estimate of drug-likeness (QED) is 0.884. The molecule has 1 heterocycles. The molecule has 1 unspecified atom stereocenters. The van der Waals surface area contributed by atoms with Gasteiger partial charge in [-0.2, -0.15) is 5.26 Å². The van der Waals surface area contributed by atoms with Gasteiger partial charge in [0.15, 0.2) is 0 Å². The number of rotatable bonds is 2. The van der Waals surface area contributed by atoms with Gasteiger partial charge in [0, 0.05) is 4.88 Å². The monoisotopic (exact) mass is 292 g/mol. The smallest absolute Gasteiger partial charge is 0.124 e. The van der Waals surface area contributed by atoms with E-state index in [1.807, 2.05) is 12.1 Å². The fraction of sp³-hybridized carbons (Fsp3) is 0.214. The van der Waals surface area contributed by atoms with Crippen molar-refractivity contribution in [2.75, 3.05) is 5.32 Å². The zero-order valence-electron chi connectivity index (χ0n) is 9.91. The number of hydrogen-bond donors (Lipinski definition) is 1. The number of aryl methyl sites for hydroxylation is 1. The highest BCUT2D eigenvalue weighted by atomic mass is 35.5. The van der Waals surface area contributed by atoms with Gasteiger partial charge in [0.25, 0.3) is 0 Å². The van der Waals surface area contributed by atoms with Crippen molar-refractivity contribution < 1.29 is 4.39 Å². The van der Waals surface area contributed by atoms with Crippen LogP contribution in [0.3, 0.4) is 0 Å². The third-order valence-electron chi connectivity index (χ3n) is 3.28. The number of halogens is 2. The van der Waals surface area contributed by atoms with E-state index in [4.69, 9.17) is 16.9 Å². The molecule has 1 aliphatic rings. The second-order valence-electron chi connectivity index (χ2n) is 4.47. The largest absolute Gasteiger partial charge is 0.377 e. The topological polar surface area (TPSA) is 35.8 Å². The van der Waals surface area contributed by atoms with Crippen LogP contribution in [0.25, 0.3) is 0 Å². The zero-order valence-corrected chi connectivity index (χ0v) is 11.5. The second-order valence-corrected chi connectivity index (χ2v) is 6.23. The van der Waals surface area contributed by atoms with Crippen LogP contribution >= 0.6 is 22.9 Å². The van der Waals surface area contributed by atoms with E-state index in [1.54, 1.807) is 17.4 Å². The predicted octanol–water partition coefficient (Wildman–Crippen LogP) is 4.51. The van der Waals surface area contributed by atoms with Crippen LogP contribution in [0.4, 0.5) is 10.1 Å². The number of nitriles is 1. The predicted molar refractivity (Wildman–Crippen MR) is 75.1 cm³/mol. The molecule has 1 atom stereocenters. The van der Waals surface area contributed by atoms with Crippen LogP contribution in [-0.4, -0.2) is 0 Å². The second kappa shape index (κ2) is 4.84. The van der Waals surface area contributed by atoms with E-state index in [0.717, 1.165) is 17.2 Å². The summed E-state index contributed by atoms with van der Waals surface area (Å²) in [5, 5.41) is 12.4. The number of hydrogen-bond acceptors (Lipinski definition) is 3. The Balaban J connectivity index is 1.89. The molecule has 0 spiro atoms. The first-order valence-electron chi connectivity index (χ1n) is 5.91. The Labute approximate surface area is 119 Å². The zero-order chi connectivity index (χ0) is 13.4. The SMILES string of the molecule is N#Cc1cc(F)ccc1NC1CCc2sc(Cl)cc21. The molecule has 2 nitrogen and oxygen atoms in total. The molecule has 2 aromatic rings. The molecule has 1 N–H and O–H groups in total. The average Bonchev–Trinajstić information content (AvgIpc) is 2.92. The maximum atomic E-state index is 13.1. The summed E-state index contributed by atoms with van der Waals surface area (Å²) in [6.45, 7) is 0. The molecule has 1 aliphatic carbocycles. The summed E-state index contributed by atoms with van der Waals surface area (Å²) >= 11 is 7.62. The molecule has 96 valence electrons. The minimum atomic E-state index is -0.396. The van der Waals surface area contributed by atoms with E-state index in [9.17, 15) is 4.39 Å². The van der Waals surface area contributed by atoms with Crippen molar-refractivity contribution in [2.45, 2.75) is 18.9 Å². The third-order valence-corrected chi connectivity index (χ3v) is 4.62. The van der Waals surface area contributed by atoms with Gasteiger partial charge in [0.1, 0.15) is 11.9 Å². The first-order valence-corrected chi connectivity index (χ1v) is 7.11. The minimum absolute atomic E-state index is 0.149. The summed E-state index contributed by atoms with van der Waals surface area (Å²) in [5.74, 6) is -0.396. The molecule has 0 saturated carbocycles. The van der Waals surface area contributed by atoms with Gasteiger partial charge in [-0.3, -0.25) is 0 Å². The first-order chi connectivity index (χ1) is 9.17. The number of benzene rings is 1. The van der Waals surface area contributed by atoms with E-state index in [0.29, 0.717) is 11.3 Å². The number of nitrogens with one attached hydrogen (secondary N) is 1.